The van der Waals surface area contributed by atoms with Gasteiger partial charge >= 0.3 is 0 Å². The van der Waals surface area contributed by atoms with Crippen LogP contribution in [0.15, 0.2) is 24.5 Å². The number of nitrogens with zero attached hydrogens (tertiary/aromatic N) is 3. The molecule has 3 fully saturated rings. The van der Waals surface area contributed by atoms with Crippen molar-refractivity contribution < 1.29 is 14.8 Å². The van der Waals surface area contributed by atoms with E-state index in [9.17, 15) is 9.59 Å². The van der Waals surface area contributed by atoms with Crippen LogP contribution in [0.4, 0.5) is 0 Å². The standard InChI is InChI=1S/C22H29N5O3/c1-26-13-24-17-3-2-15(10-18(17)26)14-4-8-27(9-5-14)21(29)19-16(20(28)25-30)11-22(6-7-22)12-23-19/h2-3,10,13-14,16,19,23,30H,4-9,11-12H2,1H3,(H,25,28)/t16-,19-/m0/s1. The first-order valence-electron chi connectivity index (χ1n) is 10.9. The van der Waals surface area contributed by atoms with Crippen LogP contribution in [0.3, 0.4) is 0 Å². The molecule has 30 heavy (non-hydrogen) atoms. The van der Waals surface area contributed by atoms with Crippen LogP contribution in [0.25, 0.3) is 11.0 Å². The van der Waals surface area contributed by atoms with Gasteiger partial charge in [-0.05, 0) is 61.1 Å². The summed E-state index contributed by atoms with van der Waals surface area (Å²) in [6.45, 7) is 2.15. The average molecular weight is 412 g/mol. The number of aromatic nitrogens is 2. The molecule has 1 aromatic heterocycles. The number of rotatable bonds is 3. The molecule has 2 aromatic rings. The number of nitrogens with one attached hydrogen (secondary N) is 2. The molecule has 0 unspecified atom stereocenters. The number of benzene rings is 1. The summed E-state index contributed by atoms with van der Waals surface area (Å²) in [6.07, 6.45) is 6.48. The predicted molar refractivity (Wildman–Crippen MR) is 111 cm³/mol. The molecule has 1 aromatic carbocycles. The monoisotopic (exact) mass is 411 g/mol. The van der Waals surface area contributed by atoms with Crippen LogP contribution < -0.4 is 10.8 Å². The molecule has 160 valence electrons. The Morgan fingerprint density at radius 3 is 2.73 bits per heavy atom. The van der Waals surface area contributed by atoms with Gasteiger partial charge in [-0.15, -0.1) is 0 Å². The zero-order valence-electron chi connectivity index (χ0n) is 17.3. The van der Waals surface area contributed by atoms with Gasteiger partial charge in [-0.3, -0.25) is 14.8 Å². The van der Waals surface area contributed by atoms with Crippen molar-refractivity contribution in [2.45, 2.75) is 44.1 Å². The minimum atomic E-state index is -0.550. The fourth-order valence-electron chi connectivity index (χ4n) is 5.30. The number of imidazole rings is 1. The average Bonchev–Trinajstić information content (AvgIpc) is 3.44. The van der Waals surface area contributed by atoms with Gasteiger partial charge in [0.25, 0.3) is 0 Å². The Labute approximate surface area is 175 Å². The highest BCUT2D eigenvalue weighted by atomic mass is 16.5. The highest BCUT2D eigenvalue weighted by Crippen LogP contribution is 2.52. The lowest BCUT2D eigenvalue weighted by Crippen LogP contribution is -2.59. The molecule has 3 N–H and O–H groups in total. The molecule has 2 aliphatic heterocycles. The summed E-state index contributed by atoms with van der Waals surface area (Å²) in [5, 5.41) is 12.5. The summed E-state index contributed by atoms with van der Waals surface area (Å²) in [6, 6.07) is 5.88. The van der Waals surface area contributed by atoms with E-state index in [4.69, 9.17) is 5.21 Å². The largest absolute Gasteiger partial charge is 0.341 e. The van der Waals surface area contributed by atoms with E-state index in [1.165, 1.54) is 5.56 Å². The fourth-order valence-corrected chi connectivity index (χ4v) is 5.30. The lowest BCUT2D eigenvalue weighted by Gasteiger charge is -2.40. The summed E-state index contributed by atoms with van der Waals surface area (Å²) >= 11 is 0. The number of likely N-dealkylation sites (tertiary alicyclic amines) is 1. The number of hydrogen-bond donors (Lipinski definition) is 3. The molecular weight excluding hydrogens is 382 g/mol. The quantitative estimate of drug-likeness (QED) is 0.526. The minimum Gasteiger partial charge on any atom is -0.341 e. The molecule has 3 heterocycles. The first-order valence-corrected chi connectivity index (χ1v) is 10.9. The molecule has 3 aliphatic rings. The van der Waals surface area contributed by atoms with Gasteiger partial charge in [0, 0.05) is 26.7 Å². The van der Waals surface area contributed by atoms with Crippen LogP contribution in [0.2, 0.25) is 0 Å². The van der Waals surface area contributed by atoms with Crippen molar-refractivity contribution in [3.8, 4) is 0 Å². The Hall–Kier alpha value is -2.45. The van der Waals surface area contributed by atoms with E-state index in [-0.39, 0.29) is 11.3 Å². The Kier molecular flexibility index (Phi) is 4.78. The van der Waals surface area contributed by atoms with Crippen molar-refractivity contribution in [1.29, 1.82) is 0 Å². The number of aryl methyl sites for hydroxylation is 1. The molecule has 1 saturated carbocycles. The molecule has 2 atom stereocenters. The van der Waals surface area contributed by atoms with Gasteiger partial charge < -0.3 is 14.8 Å². The Balaban J connectivity index is 1.25. The van der Waals surface area contributed by atoms with Crippen LogP contribution in [0, 0.1) is 11.3 Å². The van der Waals surface area contributed by atoms with Crippen molar-refractivity contribution in [1.82, 2.24) is 25.2 Å². The van der Waals surface area contributed by atoms with E-state index in [1.807, 2.05) is 22.8 Å². The molecule has 1 spiro atoms. The molecule has 8 nitrogen and oxygen atoms in total. The fraction of sp³-hybridized carbons (Fsp3) is 0.591. The smallest absolute Gasteiger partial charge is 0.248 e. The zero-order valence-corrected chi connectivity index (χ0v) is 17.3. The third kappa shape index (κ3) is 3.37. The summed E-state index contributed by atoms with van der Waals surface area (Å²) < 4.78 is 2.03. The highest BCUT2D eigenvalue weighted by Gasteiger charge is 2.52. The Bertz CT molecular complexity index is 974. The molecule has 1 aliphatic carbocycles. The number of hydrogen-bond acceptors (Lipinski definition) is 5. The van der Waals surface area contributed by atoms with Crippen molar-refractivity contribution in [2.24, 2.45) is 18.4 Å². The van der Waals surface area contributed by atoms with E-state index in [2.05, 4.69) is 28.5 Å². The predicted octanol–water partition coefficient (Wildman–Crippen LogP) is 1.54. The van der Waals surface area contributed by atoms with Crippen LogP contribution >= 0.6 is 0 Å². The highest BCUT2D eigenvalue weighted by molar-refractivity contribution is 5.90. The SMILES string of the molecule is Cn1cnc2ccc(C3CCN(C(=O)[C@H]4NCC5(CC5)C[C@@H]4C(=O)NO)CC3)cc21. The second-order valence-electron chi connectivity index (χ2n) is 9.35. The third-order valence-electron chi connectivity index (χ3n) is 7.45. The molecule has 0 bridgehead atoms. The van der Waals surface area contributed by atoms with Crippen LogP contribution in [-0.4, -0.2) is 57.1 Å². The number of fused-ring (bicyclic) bond motifs is 1. The van der Waals surface area contributed by atoms with E-state index in [0.717, 1.165) is 43.3 Å². The third-order valence-corrected chi connectivity index (χ3v) is 7.45. The lowest BCUT2D eigenvalue weighted by molar-refractivity contribution is -0.145. The minimum absolute atomic E-state index is 0.0142. The van der Waals surface area contributed by atoms with Gasteiger partial charge in [-0.25, -0.2) is 10.5 Å². The number of carbonyl (C=O) groups is 2. The second kappa shape index (κ2) is 7.35. The number of hydroxylamine groups is 1. The maximum Gasteiger partial charge on any atom is 0.248 e. The second-order valence-corrected chi connectivity index (χ2v) is 9.35. The van der Waals surface area contributed by atoms with E-state index in [1.54, 1.807) is 5.48 Å². The first kappa shape index (κ1) is 19.5. The summed E-state index contributed by atoms with van der Waals surface area (Å²) in [5.41, 5.74) is 5.34. The normalized spacial score (nSPS) is 26.1. The van der Waals surface area contributed by atoms with Crippen LogP contribution in [0.5, 0.6) is 0 Å². The van der Waals surface area contributed by atoms with Gasteiger partial charge in [-0.1, -0.05) is 6.07 Å². The summed E-state index contributed by atoms with van der Waals surface area (Å²) in [7, 11) is 2.00. The topological polar surface area (TPSA) is 99.5 Å². The molecule has 2 saturated heterocycles. The van der Waals surface area contributed by atoms with Gasteiger partial charge in [0.2, 0.25) is 11.8 Å². The van der Waals surface area contributed by atoms with Crippen molar-refractivity contribution in [2.75, 3.05) is 19.6 Å². The maximum absolute atomic E-state index is 13.2. The summed E-state index contributed by atoms with van der Waals surface area (Å²) in [4.78, 5) is 31.8. The maximum atomic E-state index is 13.2. The lowest BCUT2D eigenvalue weighted by atomic mass is 9.81. The van der Waals surface area contributed by atoms with Gasteiger partial charge in [0.05, 0.1) is 29.3 Å². The molecule has 2 amide bonds. The number of carbonyl (C=O) groups excluding carboxylic acids is 2. The van der Waals surface area contributed by atoms with Gasteiger partial charge in [-0.2, -0.15) is 0 Å². The number of piperidine rings is 2. The summed E-state index contributed by atoms with van der Waals surface area (Å²) in [5.74, 6) is -0.562. The van der Waals surface area contributed by atoms with Crippen molar-refractivity contribution >= 4 is 22.8 Å². The Morgan fingerprint density at radius 2 is 2.03 bits per heavy atom. The molecular formula is C22H29N5O3. The van der Waals surface area contributed by atoms with Crippen LogP contribution in [0.1, 0.15) is 43.6 Å². The van der Waals surface area contributed by atoms with E-state index < -0.39 is 17.9 Å². The van der Waals surface area contributed by atoms with Crippen molar-refractivity contribution in [3.05, 3.63) is 30.1 Å². The molecule has 0 radical (unpaired) electrons. The van der Waals surface area contributed by atoms with Crippen LogP contribution in [-0.2, 0) is 16.6 Å². The van der Waals surface area contributed by atoms with Crippen molar-refractivity contribution in [3.63, 3.8) is 0 Å². The zero-order chi connectivity index (χ0) is 20.9. The van der Waals surface area contributed by atoms with E-state index >= 15 is 0 Å². The Morgan fingerprint density at radius 1 is 1.27 bits per heavy atom. The van der Waals surface area contributed by atoms with Gasteiger partial charge in [0.15, 0.2) is 0 Å². The van der Waals surface area contributed by atoms with E-state index in [0.29, 0.717) is 25.4 Å². The van der Waals surface area contributed by atoms with Gasteiger partial charge in [0.1, 0.15) is 0 Å². The first-order chi connectivity index (χ1) is 14.5. The molecule has 5 rings (SSSR count). The number of amides is 2. The molecule has 8 heteroatoms.